The molecule has 0 aliphatic carbocycles. The molecule has 0 fully saturated rings. The van der Waals surface area contributed by atoms with Gasteiger partial charge in [0.05, 0.1) is 12.9 Å². The largest absolute Gasteiger partial charge is 0.464 e. The Labute approximate surface area is 114 Å². The van der Waals surface area contributed by atoms with Crippen LogP contribution in [0.15, 0.2) is 35.0 Å². The minimum atomic E-state index is -3.74. The van der Waals surface area contributed by atoms with E-state index in [-0.39, 0.29) is 17.3 Å². The van der Waals surface area contributed by atoms with Gasteiger partial charge >= 0.3 is 5.97 Å². The highest BCUT2D eigenvalue weighted by atomic mass is 32.2. The van der Waals surface area contributed by atoms with E-state index < -0.39 is 16.0 Å². The molecule has 1 N–H and O–H groups in total. The quantitative estimate of drug-likeness (QED) is 0.812. The lowest BCUT2D eigenvalue weighted by atomic mass is 10.2. The molecule has 0 amide bonds. The van der Waals surface area contributed by atoms with Gasteiger partial charge in [0.15, 0.2) is 0 Å². The van der Waals surface area contributed by atoms with Gasteiger partial charge in [-0.3, -0.25) is 4.72 Å². The Kier molecular flexibility index (Phi) is 3.99. The number of hydrogen-bond donors (Lipinski definition) is 1. The van der Waals surface area contributed by atoms with Gasteiger partial charge in [0, 0.05) is 0 Å². The van der Waals surface area contributed by atoms with E-state index in [0.717, 1.165) is 7.11 Å². The molecule has 2 aromatic rings. The number of ether oxygens (including phenoxy) is 1. The number of methoxy groups -OCH3 is 1. The summed E-state index contributed by atoms with van der Waals surface area (Å²) >= 11 is 0. The molecule has 0 spiro atoms. The molecule has 0 bridgehead atoms. The molecule has 0 saturated heterocycles. The lowest BCUT2D eigenvalue weighted by Gasteiger charge is -2.05. The van der Waals surface area contributed by atoms with E-state index in [4.69, 9.17) is 0 Å². The molecule has 2 rings (SSSR count). The van der Waals surface area contributed by atoms with Crippen LogP contribution in [-0.2, 0) is 20.5 Å². The molecule has 106 valence electrons. The summed E-state index contributed by atoms with van der Waals surface area (Å²) in [6.45, 7) is 0. The van der Waals surface area contributed by atoms with Crippen LogP contribution in [0.25, 0.3) is 0 Å². The summed E-state index contributed by atoms with van der Waals surface area (Å²) in [7, 11) is -2.60. The summed E-state index contributed by atoms with van der Waals surface area (Å²) in [5, 5.41) is 6.63. The Hall–Kier alpha value is -2.42. The first kappa shape index (κ1) is 14.0. The minimum Gasteiger partial charge on any atom is -0.464 e. The highest BCUT2D eigenvalue weighted by molar-refractivity contribution is 7.91. The lowest BCUT2D eigenvalue weighted by molar-refractivity contribution is 0.0589. The van der Waals surface area contributed by atoms with Gasteiger partial charge in [0.25, 0.3) is 0 Å². The molecule has 0 aliphatic rings. The number of nitrogens with one attached hydrogen (secondary N) is 1. The van der Waals surface area contributed by atoms with E-state index in [1.165, 1.54) is 0 Å². The van der Waals surface area contributed by atoms with Gasteiger partial charge in [-0.15, -0.1) is 0 Å². The first-order valence-corrected chi connectivity index (χ1v) is 7.12. The molecular formula is C11H11N3O5S. The highest BCUT2D eigenvalue weighted by Gasteiger charge is 2.23. The third-order valence-electron chi connectivity index (χ3n) is 2.32. The number of aromatic nitrogens is 2. The number of esters is 1. The van der Waals surface area contributed by atoms with Crippen molar-refractivity contribution >= 4 is 21.8 Å². The molecule has 20 heavy (non-hydrogen) atoms. The van der Waals surface area contributed by atoms with Gasteiger partial charge in [0.1, 0.15) is 0 Å². The molecule has 0 aliphatic heterocycles. The maximum Gasteiger partial charge on any atom is 0.364 e. The Bertz CT molecular complexity index is 696. The van der Waals surface area contributed by atoms with Crippen molar-refractivity contribution in [2.75, 3.05) is 11.8 Å². The van der Waals surface area contributed by atoms with Crippen LogP contribution in [0.3, 0.4) is 0 Å². The zero-order chi connectivity index (χ0) is 14.6. The van der Waals surface area contributed by atoms with Gasteiger partial charge in [-0.1, -0.05) is 30.3 Å². The molecule has 9 heteroatoms. The van der Waals surface area contributed by atoms with Crippen molar-refractivity contribution in [3.8, 4) is 0 Å². The van der Waals surface area contributed by atoms with Crippen LogP contribution in [-0.4, -0.2) is 31.8 Å². The normalized spacial score (nSPS) is 11.1. The standard InChI is InChI=1S/C11H11N3O5S/c1-18-11(15)9-10(13-19-12-9)14-20(16,17)7-8-5-3-2-4-6-8/h2-6H,7H2,1H3,(H,13,14). The number of hydrogen-bond acceptors (Lipinski definition) is 7. The number of rotatable bonds is 5. The van der Waals surface area contributed by atoms with Crippen LogP contribution in [0.5, 0.6) is 0 Å². The molecular weight excluding hydrogens is 286 g/mol. The summed E-state index contributed by atoms with van der Waals surface area (Å²) in [6, 6.07) is 8.56. The van der Waals surface area contributed by atoms with Crippen molar-refractivity contribution < 1.29 is 22.6 Å². The molecule has 0 radical (unpaired) electrons. The second-order valence-corrected chi connectivity index (χ2v) is 5.52. The fraction of sp³-hybridized carbons (Fsp3) is 0.182. The molecule has 1 heterocycles. The summed E-state index contributed by atoms with van der Waals surface area (Å²) in [4.78, 5) is 11.3. The van der Waals surface area contributed by atoms with Crippen LogP contribution in [0.1, 0.15) is 16.1 Å². The fourth-order valence-corrected chi connectivity index (χ4v) is 2.60. The van der Waals surface area contributed by atoms with E-state index >= 15 is 0 Å². The number of carbonyl (C=O) groups excluding carboxylic acids is 1. The average Bonchev–Trinajstić information content (AvgIpc) is 2.85. The van der Waals surface area contributed by atoms with Crippen molar-refractivity contribution in [1.29, 1.82) is 0 Å². The molecule has 1 aromatic carbocycles. The van der Waals surface area contributed by atoms with Gasteiger partial charge < -0.3 is 4.74 Å². The van der Waals surface area contributed by atoms with Crippen molar-refractivity contribution in [3.05, 3.63) is 41.6 Å². The SMILES string of the molecule is COC(=O)c1nonc1NS(=O)(=O)Cc1ccccc1. The number of carbonyl (C=O) groups is 1. The Balaban J connectivity index is 2.17. The van der Waals surface area contributed by atoms with Crippen molar-refractivity contribution in [2.45, 2.75) is 5.75 Å². The molecule has 0 atom stereocenters. The third kappa shape index (κ3) is 3.32. The van der Waals surface area contributed by atoms with Crippen LogP contribution in [0.4, 0.5) is 5.82 Å². The van der Waals surface area contributed by atoms with Crippen LogP contribution in [0, 0.1) is 0 Å². The van der Waals surface area contributed by atoms with Gasteiger partial charge in [-0.2, -0.15) is 0 Å². The number of sulfonamides is 1. The third-order valence-corrected chi connectivity index (χ3v) is 3.54. The Morgan fingerprint density at radius 1 is 1.30 bits per heavy atom. The Morgan fingerprint density at radius 2 is 2.00 bits per heavy atom. The van der Waals surface area contributed by atoms with E-state index in [1.807, 2.05) is 0 Å². The van der Waals surface area contributed by atoms with Gasteiger partial charge in [-0.25, -0.2) is 17.8 Å². The molecule has 0 unspecified atom stereocenters. The van der Waals surface area contributed by atoms with Crippen LogP contribution >= 0.6 is 0 Å². The predicted octanol–water partition coefficient (Wildman–Crippen LogP) is 0.798. The topological polar surface area (TPSA) is 111 Å². The molecule has 8 nitrogen and oxygen atoms in total. The van der Waals surface area contributed by atoms with E-state index in [9.17, 15) is 13.2 Å². The highest BCUT2D eigenvalue weighted by Crippen LogP contribution is 2.14. The molecule has 0 saturated carbocycles. The van der Waals surface area contributed by atoms with Crippen LogP contribution < -0.4 is 4.72 Å². The summed E-state index contributed by atoms with van der Waals surface area (Å²) in [5.41, 5.74) is 0.264. The van der Waals surface area contributed by atoms with E-state index in [0.29, 0.717) is 5.56 Å². The summed E-state index contributed by atoms with van der Waals surface area (Å²) in [5.74, 6) is -1.40. The summed E-state index contributed by atoms with van der Waals surface area (Å²) < 4.78 is 34.8. The average molecular weight is 297 g/mol. The first-order valence-electron chi connectivity index (χ1n) is 5.47. The number of benzene rings is 1. The zero-order valence-corrected chi connectivity index (χ0v) is 11.3. The van der Waals surface area contributed by atoms with Gasteiger partial charge in [-0.05, 0) is 15.9 Å². The van der Waals surface area contributed by atoms with E-state index in [1.54, 1.807) is 30.3 Å². The van der Waals surface area contributed by atoms with Crippen molar-refractivity contribution in [1.82, 2.24) is 10.3 Å². The summed E-state index contributed by atoms with van der Waals surface area (Å²) in [6.07, 6.45) is 0. The predicted molar refractivity (Wildman–Crippen MR) is 68.3 cm³/mol. The first-order chi connectivity index (χ1) is 9.52. The maximum absolute atomic E-state index is 12.0. The lowest BCUT2D eigenvalue weighted by Crippen LogP contribution is -2.17. The van der Waals surface area contributed by atoms with Crippen molar-refractivity contribution in [3.63, 3.8) is 0 Å². The smallest absolute Gasteiger partial charge is 0.364 e. The number of anilines is 1. The van der Waals surface area contributed by atoms with Crippen LogP contribution in [0.2, 0.25) is 0 Å². The number of nitrogens with zero attached hydrogens (tertiary/aromatic N) is 2. The molecule has 1 aromatic heterocycles. The second kappa shape index (κ2) is 5.70. The zero-order valence-electron chi connectivity index (χ0n) is 10.4. The minimum absolute atomic E-state index is 0.263. The second-order valence-electron chi connectivity index (χ2n) is 3.80. The van der Waals surface area contributed by atoms with E-state index in [2.05, 4.69) is 24.4 Å². The van der Waals surface area contributed by atoms with Gasteiger partial charge in [0.2, 0.25) is 21.5 Å². The van der Waals surface area contributed by atoms with Crippen molar-refractivity contribution in [2.24, 2.45) is 0 Å². The fourth-order valence-electron chi connectivity index (χ4n) is 1.46. The maximum atomic E-state index is 12.0. The monoisotopic (exact) mass is 297 g/mol. The Morgan fingerprint density at radius 3 is 2.65 bits per heavy atom.